The molecule has 0 saturated heterocycles. The maximum atomic E-state index is 5.04. The molecule has 4 heteroatoms. The normalized spacial score (nSPS) is 12.8. The van der Waals surface area contributed by atoms with E-state index in [1.54, 1.807) is 0 Å². The molecule has 1 aliphatic rings. The average Bonchev–Trinajstić information content (AvgIpc) is 3.71. The van der Waals surface area contributed by atoms with Gasteiger partial charge in [-0.2, -0.15) is 0 Å². The van der Waals surface area contributed by atoms with E-state index in [-0.39, 0.29) is 5.54 Å². The van der Waals surface area contributed by atoms with Crippen LogP contribution in [0.2, 0.25) is 0 Å². The molecule has 0 atom stereocenters. The molecule has 0 saturated carbocycles. The number of nitrogens with zero attached hydrogens (tertiary/aromatic N) is 4. The Kier molecular flexibility index (Phi) is 7.44. The molecule has 0 unspecified atom stereocenters. The summed E-state index contributed by atoms with van der Waals surface area (Å²) in [7, 11) is 0. The first kappa shape index (κ1) is 31.8. The zero-order valence-corrected chi connectivity index (χ0v) is 30.3. The van der Waals surface area contributed by atoms with Gasteiger partial charge >= 0.3 is 0 Å². The second-order valence-electron chi connectivity index (χ2n) is 14.5. The van der Waals surface area contributed by atoms with Crippen molar-refractivity contribution in [3.8, 4) is 22.5 Å². The Morgan fingerprint density at radius 3 is 1.67 bits per heavy atom. The highest BCUT2D eigenvalue weighted by Crippen LogP contribution is 2.49. The van der Waals surface area contributed by atoms with Crippen molar-refractivity contribution in [3.05, 3.63) is 200 Å². The van der Waals surface area contributed by atoms with Gasteiger partial charge in [-0.1, -0.05) is 97.1 Å². The number of benzene rings is 7. The molecule has 0 N–H and O–H groups in total. The molecule has 2 aromatic heterocycles. The van der Waals surface area contributed by atoms with E-state index < -0.39 is 0 Å². The summed E-state index contributed by atoms with van der Waals surface area (Å²) in [5.41, 5.74) is 13.5. The summed E-state index contributed by atoms with van der Waals surface area (Å²) in [4.78, 5) is 9.65. The first-order valence-corrected chi connectivity index (χ1v) is 18.5. The molecule has 3 heterocycles. The van der Waals surface area contributed by atoms with E-state index in [0.29, 0.717) is 0 Å². The number of aromatic nitrogens is 2. The minimum absolute atomic E-state index is 0.244. The minimum atomic E-state index is -0.244. The second-order valence-corrected chi connectivity index (χ2v) is 14.5. The second kappa shape index (κ2) is 12.6. The Bertz CT molecular complexity index is 2750. The molecule has 0 bridgehead atoms. The molecular weight excluding hydrogens is 657 g/mol. The third-order valence-corrected chi connectivity index (χ3v) is 10.9. The van der Waals surface area contributed by atoms with Gasteiger partial charge in [0.05, 0.1) is 28.8 Å². The van der Waals surface area contributed by atoms with Crippen molar-refractivity contribution in [1.82, 2.24) is 9.55 Å². The van der Waals surface area contributed by atoms with Crippen molar-refractivity contribution in [2.45, 2.75) is 19.4 Å². The molecule has 7 aromatic carbocycles. The number of rotatable bonds is 7. The zero-order valence-electron chi connectivity index (χ0n) is 30.3. The topological polar surface area (TPSA) is 24.3 Å². The van der Waals surface area contributed by atoms with Crippen LogP contribution in [0.3, 0.4) is 0 Å². The summed E-state index contributed by atoms with van der Waals surface area (Å²) in [5, 5.41) is 3.65. The zero-order chi connectivity index (χ0) is 36.2. The van der Waals surface area contributed by atoms with Crippen LogP contribution in [0.25, 0.3) is 44.2 Å². The fourth-order valence-corrected chi connectivity index (χ4v) is 8.33. The molecule has 0 radical (unpaired) electrons. The van der Waals surface area contributed by atoms with Crippen LogP contribution in [0, 0.1) is 0 Å². The molecule has 0 amide bonds. The molecule has 4 nitrogen and oxygen atoms in total. The predicted octanol–water partition coefficient (Wildman–Crippen LogP) is 13.6. The summed E-state index contributed by atoms with van der Waals surface area (Å²) in [6, 6.07) is 67.3. The van der Waals surface area contributed by atoms with E-state index in [0.717, 1.165) is 45.4 Å². The monoisotopic (exact) mass is 694 g/mol. The van der Waals surface area contributed by atoms with E-state index in [1.165, 1.54) is 38.5 Å². The Morgan fingerprint density at radius 2 is 1.02 bits per heavy atom. The van der Waals surface area contributed by atoms with E-state index in [4.69, 9.17) is 4.98 Å². The number of fused-ring (bicyclic) bond motifs is 6. The molecule has 0 aliphatic carbocycles. The van der Waals surface area contributed by atoms with Crippen LogP contribution in [-0.4, -0.2) is 9.55 Å². The first-order valence-electron chi connectivity index (χ1n) is 18.5. The van der Waals surface area contributed by atoms with Gasteiger partial charge < -0.3 is 14.4 Å². The van der Waals surface area contributed by atoms with Crippen molar-refractivity contribution in [2.75, 3.05) is 9.80 Å². The van der Waals surface area contributed by atoms with Gasteiger partial charge in [0.15, 0.2) is 0 Å². The van der Waals surface area contributed by atoms with Gasteiger partial charge in [-0.3, -0.25) is 4.98 Å². The summed E-state index contributed by atoms with van der Waals surface area (Å²) in [6.07, 6.45) is 1.99. The van der Waals surface area contributed by atoms with Gasteiger partial charge in [0, 0.05) is 50.5 Å². The lowest BCUT2D eigenvalue weighted by Crippen LogP contribution is -2.23. The summed E-state index contributed by atoms with van der Waals surface area (Å²) in [5.74, 6) is 0. The maximum absolute atomic E-state index is 5.04. The fraction of sp³-hybridized carbons (Fsp3) is 0.0600. The van der Waals surface area contributed by atoms with Gasteiger partial charge in [-0.05, 0) is 121 Å². The van der Waals surface area contributed by atoms with Crippen LogP contribution in [0.15, 0.2) is 194 Å². The molecule has 0 spiro atoms. The Labute approximate surface area is 315 Å². The number of hydrogen-bond donors (Lipinski definition) is 0. The van der Waals surface area contributed by atoms with Crippen molar-refractivity contribution in [1.29, 1.82) is 0 Å². The molecule has 0 fully saturated rings. The lowest BCUT2D eigenvalue weighted by Gasteiger charge is -2.29. The van der Waals surface area contributed by atoms with Crippen LogP contribution < -0.4 is 9.80 Å². The van der Waals surface area contributed by atoms with Crippen molar-refractivity contribution in [2.24, 2.45) is 0 Å². The highest BCUT2D eigenvalue weighted by atomic mass is 15.2. The van der Waals surface area contributed by atoms with E-state index in [2.05, 4.69) is 216 Å². The lowest BCUT2D eigenvalue weighted by atomic mass is 9.91. The van der Waals surface area contributed by atoms with Gasteiger partial charge in [0.1, 0.15) is 0 Å². The van der Waals surface area contributed by atoms with Crippen LogP contribution in [0.5, 0.6) is 0 Å². The average molecular weight is 695 g/mol. The Hall–Kier alpha value is -6.91. The minimum Gasteiger partial charge on any atom is -0.331 e. The highest BCUT2D eigenvalue weighted by Gasteiger charge is 2.37. The molecule has 9 aromatic rings. The fourth-order valence-electron chi connectivity index (χ4n) is 8.33. The third kappa shape index (κ3) is 5.26. The standard InChI is InChI=1S/C50H38N4/c1-50(2)46-33-43(52(39-16-6-3-7-17-39)40-18-8-4-9-19-40)25-27-45(46)49-32-38-30-37(23-29-48(38)54(49)50)47-28-26-44(34-51-47)53(41-20-10-5-11-21-41)42-24-22-35-14-12-13-15-36(35)31-42/h3-34H,1-2H3. The first-order chi connectivity index (χ1) is 26.5. The van der Waals surface area contributed by atoms with Crippen molar-refractivity contribution < 1.29 is 0 Å². The number of para-hydroxylation sites is 3. The Balaban J connectivity index is 1.00. The number of hydrogen-bond acceptors (Lipinski definition) is 3. The van der Waals surface area contributed by atoms with E-state index in [9.17, 15) is 0 Å². The van der Waals surface area contributed by atoms with Crippen LogP contribution in [0.4, 0.5) is 34.1 Å². The van der Waals surface area contributed by atoms with Crippen LogP contribution in [0.1, 0.15) is 19.4 Å². The number of anilines is 6. The van der Waals surface area contributed by atoms with Gasteiger partial charge in [-0.25, -0.2) is 0 Å². The summed E-state index contributed by atoms with van der Waals surface area (Å²) < 4.78 is 2.51. The number of pyridine rings is 1. The molecule has 1 aliphatic heterocycles. The molecule has 258 valence electrons. The molecule has 10 rings (SSSR count). The lowest BCUT2D eigenvalue weighted by molar-refractivity contribution is 0.476. The summed E-state index contributed by atoms with van der Waals surface area (Å²) in [6.45, 7) is 4.67. The van der Waals surface area contributed by atoms with Crippen LogP contribution >= 0.6 is 0 Å². The predicted molar refractivity (Wildman–Crippen MR) is 226 cm³/mol. The van der Waals surface area contributed by atoms with Gasteiger partial charge in [0.2, 0.25) is 0 Å². The smallest absolute Gasteiger partial charge is 0.0703 e. The highest BCUT2D eigenvalue weighted by molar-refractivity contribution is 5.94. The quantitative estimate of drug-likeness (QED) is 0.166. The van der Waals surface area contributed by atoms with Gasteiger partial charge in [0.25, 0.3) is 0 Å². The molecular formula is C50H38N4. The Morgan fingerprint density at radius 1 is 0.444 bits per heavy atom. The van der Waals surface area contributed by atoms with Crippen molar-refractivity contribution >= 4 is 55.8 Å². The van der Waals surface area contributed by atoms with E-state index in [1.807, 2.05) is 6.20 Å². The van der Waals surface area contributed by atoms with Gasteiger partial charge in [-0.15, -0.1) is 0 Å². The van der Waals surface area contributed by atoms with Crippen LogP contribution in [-0.2, 0) is 5.54 Å². The molecule has 54 heavy (non-hydrogen) atoms. The van der Waals surface area contributed by atoms with Crippen molar-refractivity contribution in [3.63, 3.8) is 0 Å². The van der Waals surface area contributed by atoms with E-state index >= 15 is 0 Å². The SMILES string of the molecule is CC1(C)c2cc(N(c3ccccc3)c3ccccc3)ccc2-c2cc3cc(-c4ccc(N(c5ccccc5)c5ccc6ccccc6c5)cn4)ccc3n21. The maximum Gasteiger partial charge on any atom is 0.0703 e. The summed E-state index contributed by atoms with van der Waals surface area (Å²) >= 11 is 0. The largest absolute Gasteiger partial charge is 0.331 e. The third-order valence-electron chi connectivity index (χ3n) is 10.9.